The molecule has 1 heterocycles. The van der Waals surface area contributed by atoms with Crippen LogP contribution in [0, 0.1) is 5.41 Å². The van der Waals surface area contributed by atoms with Crippen molar-refractivity contribution >= 4 is 5.82 Å². The second kappa shape index (κ2) is 4.23. The van der Waals surface area contributed by atoms with Crippen molar-refractivity contribution in [2.45, 2.75) is 25.7 Å². The van der Waals surface area contributed by atoms with Crippen molar-refractivity contribution in [2.24, 2.45) is 18.2 Å². The average Bonchev–Trinajstić information content (AvgIpc) is 2.56. The Morgan fingerprint density at radius 3 is 2.87 bits per heavy atom. The maximum atomic E-state index is 5.80. The lowest BCUT2D eigenvalue weighted by molar-refractivity contribution is 0.136. The smallest absolute Gasteiger partial charge is 0.147 e. The highest BCUT2D eigenvalue weighted by atomic mass is 15.3. The van der Waals surface area contributed by atoms with Gasteiger partial charge in [0.1, 0.15) is 5.82 Å². The number of aromatic nitrogens is 2. The monoisotopic (exact) mass is 208 g/mol. The molecule has 0 saturated heterocycles. The van der Waals surface area contributed by atoms with Crippen molar-refractivity contribution in [3.8, 4) is 0 Å². The molecule has 1 aromatic heterocycles. The summed E-state index contributed by atoms with van der Waals surface area (Å²) in [7, 11) is 1.93. The van der Waals surface area contributed by atoms with Gasteiger partial charge in [-0.1, -0.05) is 6.42 Å². The van der Waals surface area contributed by atoms with E-state index in [1.165, 1.54) is 25.7 Å². The van der Waals surface area contributed by atoms with Gasteiger partial charge in [-0.3, -0.25) is 4.68 Å². The molecule has 0 unspecified atom stereocenters. The van der Waals surface area contributed by atoms with E-state index in [2.05, 4.69) is 10.4 Å². The molecule has 0 bridgehead atoms. The number of nitrogens with one attached hydrogen (secondary N) is 1. The van der Waals surface area contributed by atoms with E-state index >= 15 is 0 Å². The topological polar surface area (TPSA) is 55.9 Å². The van der Waals surface area contributed by atoms with Gasteiger partial charge in [-0.05, 0) is 31.2 Å². The summed E-state index contributed by atoms with van der Waals surface area (Å²) in [6.45, 7) is 1.81. The Balaban J connectivity index is 1.74. The van der Waals surface area contributed by atoms with E-state index in [0.29, 0.717) is 5.41 Å². The molecule has 1 aliphatic rings. The molecule has 4 nitrogen and oxygen atoms in total. The van der Waals surface area contributed by atoms with Crippen molar-refractivity contribution in [1.29, 1.82) is 0 Å². The summed E-state index contributed by atoms with van der Waals surface area (Å²) >= 11 is 0. The third-order valence-corrected chi connectivity index (χ3v) is 3.52. The zero-order valence-electron chi connectivity index (χ0n) is 9.37. The third-order valence-electron chi connectivity index (χ3n) is 3.52. The van der Waals surface area contributed by atoms with E-state index < -0.39 is 0 Å². The maximum absolute atomic E-state index is 5.80. The first-order valence-corrected chi connectivity index (χ1v) is 5.68. The molecule has 1 fully saturated rings. The molecular weight excluding hydrogens is 188 g/mol. The second-order valence-electron chi connectivity index (χ2n) is 4.61. The quantitative estimate of drug-likeness (QED) is 0.768. The van der Waals surface area contributed by atoms with Crippen LogP contribution in [-0.2, 0) is 7.05 Å². The normalized spacial score (nSPS) is 18.5. The van der Waals surface area contributed by atoms with Crippen molar-refractivity contribution in [3.05, 3.63) is 12.3 Å². The molecule has 84 valence electrons. The Morgan fingerprint density at radius 1 is 1.60 bits per heavy atom. The molecule has 3 N–H and O–H groups in total. The van der Waals surface area contributed by atoms with Crippen molar-refractivity contribution in [3.63, 3.8) is 0 Å². The number of anilines is 1. The Kier molecular flexibility index (Phi) is 2.95. The van der Waals surface area contributed by atoms with Gasteiger partial charge in [-0.25, -0.2) is 0 Å². The highest BCUT2D eigenvalue weighted by Crippen LogP contribution is 2.42. The minimum atomic E-state index is 0.432. The SMILES string of the molecule is Cn1ccc(NCCC2(CN)CCC2)n1. The molecule has 15 heavy (non-hydrogen) atoms. The summed E-state index contributed by atoms with van der Waals surface area (Å²) in [5, 5.41) is 7.61. The third kappa shape index (κ3) is 2.31. The van der Waals surface area contributed by atoms with Gasteiger partial charge in [-0.15, -0.1) is 0 Å². The van der Waals surface area contributed by atoms with Crippen LogP contribution in [0.15, 0.2) is 12.3 Å². The number of nitrogens with two attached hydrogens (primary N) is 1. The number of aryl methyl sites for hydroxylation is 1. The molecule has 1 aromatic rings. The van der Waals surface area contributed by atoms with Crippen LogP contribution in [0.4, 0.5) is 5.82 Å². The molecule has 2 rings (SSSR count). The van der Waals surface area contributed by atoms with Gasteiger partial charge in [-0.2, -0.15) is 5.10 Å². The van der Waals surface area contributed by atoms with Crippen LogP contribution in [0.3, 0.4) is 0 Å². The van der Waals surface area contributed by atoms with Crippen LogP contribution < -0.4 is 11.1 Å². The average molecular weight is 208 g/mol. The number of rotatable bonds is 5. The summed E-state index contributed by atoms with van der Waals surface area (Å²) in [4.78, 5) is 0. The number of nitrogens with zero attached hydrogens (tertiary/aromatic N) is 2. The Labute approximate surface area is 90.8 Å². The van der Waals surface area contributed by atoms with Gasteiger partial charge in [0.05, 0.1) is 0 Å². The van der Waals surface area contributed by atoms with E-state index in [4.69, 9.17) is 5.73 Å². The second-order valence-corrected chi connectivity index (χ2v) is 4.61. The Morgan fingerprint density at radius 2 is 2.40 bits per heavy atom. The van der Waals surface area contributed by atoms with Crippen molar-refractivity contribution in [2.75, 3.05) is 18.4 Å². The summed E-state index contributed by atoms with van der Waals surface area (Å²) in [6, 6.07) is 2.00. The zero-order valence-corrected chi connectivity index (χ0v) is 9.37. The van der Waals surface area contributed by atoms with Crippen LogP contribution in [0.5, 0.6) is 0 Å². The molecule has 0 aromatic carbocycles. The lowest BCUT2D eigenvalue weighted by atomic mass is 9.67. The van der Waals surface area contributed by atoms with Gasteiger partial charge >= 0.3 is 0 Å². The zero-order chi connectivity index (χ0) is 10.7. The van der Waals surface area contributed by atoms with E-state index in [0.717, 1.165) is 18.9 Å². The molecular formula is C11H20N4. The first kappa shape index (κ1) is 10.5. The maximum Gasteiger partial charge on any atom is 0.147 e. The van der Waals surface area contributed by atoms with E-state index in [9.17, 15) is 0 Å². The minimum absolute atomic E-state index is 0.432. The molecule has 0 spiro atoms. The molecule has 1 saturated carbocycles. The van der Waals surface area contributed by atoms with Crippen LogP contribution in [0.1, 0.15) is 25.7 Å². The molecule has 0 atom stereocenters. The highest BCUT2D eigenvalue weighted by Gasteiger charge is 2.34. The first-order valence-electron chi connectivity index (χ1n) is 5.68. The fraction of sp³-hybridized carbons (Fsp3) is 0.727. The lowest BCUT2D eigenvalue weighted by Crippen LogP contribution is -2.38. The van der Waals surface area contributed by atoms with Crippen LogP contribution >= 0.6 is 0 Å². The molecule has 0 amide bonds. The van der Waals surface area contributed by atoms with Gasteiger partial charge in [0.2, 0.25) is 0 Å². The summed E-state index contributed by atoms with van der Waals surface area (Å²) in [5.74, 6) is 0.962. The molecule has 0 aliphatic heterocycles. The van der Waals surface area contributed by atoms with Gasteiger partial charge < -0.3 is 11.1 Å². The van der Waals surface area contributed by atoms with E-state index in [1.54, 1.807) is 0 Å². The predicted molar refractivity (Wildman–Crippen MR) is 61.7 cm³/mol. The fourth-order valence-corrected chi connectivity index (χ4v) is 2.20. The number of hydrogen-bond acceptors (Lipinski definition) is 3. The first-order chi connectivity index (χ1) is 7.24. The summed E-state index contributed by atoms with van der Waals surface area (Å²) in [6.07, 6.45) is 7.06. The lowest BCUT2D eigenvalue weighted by Gasteiger charge is -2.41. The van der Waals surface area contributed by atoms with Gasteiger partial charge in [0.25, 0.3) is 0 Å². The Hall–Kier alpha value is -1.03. The summed E-state index contributed by atoms with van der Waals surface area (Å²) < 4.78 is 1.81. The van der Waals surface area contributed by atoms with Crippen molar-refractivity contribution < 1.29 is 0 Å². The summed E-state index contributed by atoms with van der Waals surface area (Å²) in [5.41, 5.74) is 6.24. The number of hydrogen-bond donors (Lipinski definition) is 2. The molecule has 0 radical (unpaired) electrons. The highest BCUT2D eigenvalue weighted by molar-refractivity contribution is 5.31. The van der Waals surface area contributed by atoms with Crippen LogP contribution in [-0.4, -0.2) is 22.9 Å². The van der Waals surface area contributed by atoms with Crippen LogP contribution in [0.25, 0.3) is 0 Å². The fourth-order valence-electron chi connectivity index (χ4n) is 2.20. The van der Waals surface area contributed by atoms with Gasteiger partial charge in [0, 0.05) is 25.9 Å². The van der Waals surface area contributed by atoms with E-state index in [1.807, 2.05) is 24.0 Å². The minimum Gasteiger partial charge on any atom is -0.369 e. The standard InChI is InChI=1S/C11H20N4/c1-15-8-3-10(14-15)13-7-6-11(9-12)4-2-5-11/h3,8H,2,4-7,9,12H2,1H3,(H,13,14). The largest absolute Gasteiger partial charge is 0.369 e. The van der Waals surface area contributed by atoms with Gasteiger partial charge in [0.15, 0.2) is 0 Å². The van der Waals surface area contributed by atoms with Crippen molar-refractivity contribution in [1.82, 2.24) is 9.78 Å². The van der Waals surface area contributed by atoms with Crippen LogP contribution in [0.2, 0.25) is 0 Å². The molecule has 1 aliphatic carbocycles. The Bertz CT molecular complexity index is 309. The predicted octanol–water partition coefficient (Wildman–Crippen LogP) is 1.35. The van der Waals surface area contributed by atoms with E-state index in [-0.39, 0.29) is 0 Å². The molecule has 4 heteroatoms.